The highest BCUT2D eigenvalue weighted by atomic mass is 16.6. The summed E-state index contributed by atoms with van der Waals surface area (Å²) in [4.78, 5) is 21.6. The molecule has 0 bridgehead atoms. The van der Waals surface area contributed by atoms with E-state index in [4.69, 9.17) is 9.15 Å². The van der Waals surface area contributed by atoms with E-state index in [2.05, 4.69) is 10.2 Å². The number of hydrogen-bond donors (Lipinski definition) is 1. The number of hydrogen-bond acceptors (Lipinski definition) is 6. The van der Waals surface area contributed by atoms with Crippen molar-refractivity contribution in [3.63, 3.8) is 0 Å². The number of nitro groups is 1. The van der Waals surface area contributed by atoms with Gasteiger partial charge in [-0.3, -0.25) is 10.1 Å². The summed E-state index contributed by atoms with van der Waals surface area (Å²) in [6.07, 6.45) is 0. The van der Waals surface area contributed by atoms with E-state index in [1.165, 1.54) is 18.2 Å². The van der Waals surface area contributed by atoms with Crippen molar-refractivity contribution >= 4 is 5.69 Å². The summed E-state index contributed by atoms with van der Waals surface area (Å²) in [6.45, 7) is 0.176. The molecule has 0 saturated heterocycles. The number of aromatic nitrogens is 2. The van der Waals surface area contributed by atoms with Crippen molar-refractivity contribution in [1.82, 2.24) is 10.2 Å². The maximum absolute atomic E-state index is 11.1. The zero-order valence-electron chi connectivity index (χ0n) is 11.8. The molecule has 116 valence electrons. The van der Waals surface area contributed by atoms with Crippen molar-refractivity contribution in [2.45, 2.75) is 6.61 Å². The molecule has 23 heavy (non-hydrogen) atoms. The molecule has 3 rings (SSSR count). The quantitative estimate of drug-likeness (QED) is 0.572. The van der Waals surface area contributed by atoms with Gasteiger partial charge in [-0.15, -0.1) is 5.10 Å². The zero-order valence-corrected chi connectivity index (χ0v) is 11.8. The highest BCUT2D eigenvalue weighted by Gasteiger charge is 2.18. The van der Waals surface area contributed by atoms with E-state index >= 15 is 0 Å². The van der Waals surface area contributed by atoms with Crippen molar-refractivity contribution < 1.29 is 14.1 Å². The smallest absolute Gasteiger partial charge is 0.434 e. The molecule has 0 fully saturated rings. The van der Waals surface area contributed by atoms with E-state index in [0.29, 0.717) is 5.56 Å². The van der Waals surface area contributed by atoms with Gasteiger partial charge in [0.05, 0.1) is 4.92 Å². The van der Waals surface area contributed by atoms with Gasteiger partial charge in [0.15, 0.2) is 5.75 Å². The van der Waals surface area contributed by atoms with E-state index in [1.54, 1.807) is 0 Å². The molecule has 0 amide bonds. The number of aromatic amines is 1. The summed E-state index contributed by atoms with van der Waals surface area (Å²) in [5, 5.41) is 16.9. The molecule has 1 heterocycles. The average Bonchev–Trinajstić information content (AvgIpc) is 3.00. The molecule has 0 aliphatic heterocycles. The van der Waals surface area contributed by atoms with Crippen LogP contribution in [0.3, 0.4) is 0 Å². The van der Waals surface area contributed by atoms with Gasteiger partial charge in [0.2, 0.25) is 5.89 Å². The van der Waals surface area contributed by atoms with Crippen LogP contribution in [0.25, 0.3) is 11.5 Å². The largest absolute Gasteiger partial charge is 0.482 e. The first kappa shape index (κ1) is 14.5. The van der Waals surface area contributed by atoms with Crippen LogP contribution in [0.5, 0.6) is 5.75 Å². The Morgan fingerprint density at radius 2 is 2.00 bits per heavy atom. The summed E-state index contributed by atoms with van der Waals surface area (Å²) in [5.74, 6) is -0.596. The van der Waals surface area contributed by atoms with Gasteiger partial charge in [-0.05, 0) is 11.6 Å². The van der Waals surface area contributed by atoms with Crippen molar-refractivity contribution in [3.8, 4) is 17.2 Å². The monoisotopic (exact) mass is 313 g/mol. The lowest BCUT2D eigenvalue weighted by atomic mass is 10.2. The lowest BCUT2D eigenvalue weighted by Crippen LogP contribution is -1.99. The van der Waals surface area contributed by atoms with Crippen molar-refractivity contribution in [3.05, 3.63) is 74.8 Å². The molecule has 0 unspecified atom stereocenters. The third-order valence-electron chi connectivity index (χ3n) is 3.08. The molecule has 0 atom stereocenters. The fourth-order valence-electron chi connectivity index (χ4n) is 2.00. The van der Waals surface area contributed by atoms with E-state index in [9.17, 15) is 14.9 Å². The van der Waals surface area contributed by atoms with Gasteiger partial charge >= 0.3 is 11.4 Å². The van der Waals surface area contributed by atoms with E-state index in [1.807, 2.05) is 30.3 Å². The second kappa shape index (κ2) is 6.14. The van der Waals surface area contributed by atoms with E-state index in [-0.39, 0.29) is 23.9 Å². The van der Waals surface area contributed by atoms with Crippen LogP contribution in [0, 0.1) is 10.1 Å². The standard InChI is InChI=1S/C15H11N3O5/c19-15-17-16-14(23-15)11-6-7-12(18(20)21)13(8-11)22-9-10-4-2-1-3-5-10/h1-8H,9H2,(H,17,19). The lowest BCUT2D eigenvalue weighted by Gasteiger charge is -2.07. The van der Waals surface area contributed by atoms with Crippen LogP contribution in [0.2, 0.25) is 0 Å². The maximum atomic E-state index is 11.1. The minimum atomic E-state index is -0.704. The topological polar surface area (TPSA) is 111 Å². The van der Waals surface area contributed by atoms with Crippen LogP contribution in [0.4, 0.5) is 5.69 Å². The number of rotatable bonds is 5. The molecule has 0 spiro atoms. The van der Waals surface area contributed by atoms with Crippen LogP contribution in [-0.4, -0.2) is 15.1 Å². The number of nitrogens with zero attached hydrogens (tertiary/aromatic N) is 2. The van der Waals surface area contributed by atoms with E-state index < -0.39 is 10.7 Å². The SMILES string of the molecule is O=c1[nH]nc(-c2ccc([N+](=O)[O-])c(OCc3ccccc3)c2)o1. The van der Waals surface area contributed by atoms with Gasteiger partial charge in [-0.25, -0.2) is 9.89 Å². The summed E-state index contributed by atoms with van der Waals surface area (Å²) in [6, 6.07) is 13.4. The van der Waals surface area contributed by atoms with Gasteiger partial charge in [0, 0.05) is 17.7 Å². The number of H-pyrrole nitrogens is 1. The third kappa shape index (κ3) is 3.26. The summed E-state index contributed by atoms with van der Waals surface area (Å²) in [7, 11) is 0. The molecule has 0 radical (unpaired) electrons. The van der Waals surface area contributed by atoms with Crippen molar-refractivity contribution in [1.29, 1.82) is 0 Å². The molecule has 3 aromatic rings. The Labute approximate surface area is 129 Å². The molecule has 1 aromatic heterocycles. The molecule has 0 aliphatic carbocycles. The summed E-state index contributed by atoms with van der Waals surface area (Å²) in [5.41, 5.74) is 1.10. The van der Waals surface area contributed by atoms with Crippen molar-refractivity contribution in [2.75, 3.05) is 0 Å². The first-order valence-corrected chi connectivity index (χ1v) is 6.64. The highest BCUT2D eigenvalue weighted by molar-refractivity contribution is 5.61. The molecular formula is C15H11N3O5. The second-order valence-corrected chi connectivity index (χ2v) is 4.63. The molecule has 8 nitrogen and oxygen atoms in total. The van der Waals surface area contributed by atoms with Crippen LogP contribution in [0.15, 0.2) is 57.7 Å². The summed E-state index contributed by atoms with van der Waals surface area (Å²) < 4.78 is 10.4. The zero-order chi connectivity index (χ0) is 16.2. The predicted molar refractivity (Wildman–Crippen MR) is 80.0 cm³/mol. The number of ether oxygens (including phenoxy) is 1. The fourth-order valence-corrected chi connectivity index (χ4v) is 2.00. The first-order chi connectivity index (χ1) is 11.1. The normalized spacial score (nSPS) is 10.4. The Bertz CT molecular complexity index is 885. The second-order valence-electron chi connectivity index (χ2n) is 4.63. The minimum absolute atomic E-state index is 0.0365. The third-order valence-corrected chi connectivity index (χ3v) is 3.08. The molecular weight excluding hydrogens is 302 g/mol. The molecule has 0 aliphatic rings. The van der Waals surface area contributed by atoms with E-state index in [0.717, 1.165) is 5.56 Å². The number of nitrogens with one attached hydrogen (secondary N) is 1. The minimum Gasteiger partial charge on any atom is -0.482 e. The fraction of sp³-hybridized carbons (Fsp3) is 0.0667. The molecule has 0 saturated carbocycles. The maximum Gasteiger partial charge on any atom is 0.434 e. The van der Waals surface area contributed by atoms with Crippen molar-refractivity contribution in [2.24, 2.45) is 0 Å². The molecule has 8 heteroatoms. The average molecular weight is 313 g/mol. The predicted octanol–water partition coefficient (Wildman–Crippen LogP) is 2.52. The van der Waals surface area contributed by atoms with Crippen LogP contribution >= 0.6 is 0 Å². The van der Waals surface area contributed by atoms with Crippen LogP contribution < -0.4 is 10.5 Å². The Balaban J connectivity index is 1.92. The number of benzene rings is 2. The molecule has 1 N–H and O–H groups in total. The number of nitro benzene ring substituents is 1. The Morgan fingerprint density at radius 1 is 1.22 bits per heavy atom. The Morgan fingerprint density at radius 3 is 2.65 bits per heavy atom. The lowest BCUT2D eigenvalue weighted by molar-refractivity contribution is -0.385. The molecule has 2 aromatic carbocycles. The Hall–Kier alpha value is -3.42. The van der Waals surface area contributed by atoms with Gasteiger partial charge in [-0.1, -0.05) is 30.3 Å². The van der Waals surface area contributed by atoms with Gasteiger partial charge < -0.3 is 9.15 Å². The summed E-state index contributed by atoms with van der Waals surface area (Å²) >= 11 is 0. The van der Waals surface area contributed by atoms with Gasteiger partial charge in [0.1, 0.15) is 6.61 Å². The van der Waals surface area contributed by atoms with Crippen LogP contribution in [0.1, 0.15) is 5.56 Å². The van der Waals surface area contributed by atoms with Gasteiger partial charge in [0.25, 0.3) is 0 Å². The highest BCUT2D eigenvalue weighted by Crippen LogP contribution is 2.32. The first-order valence-electron chi connectivity index (χ1n) is 6.64. The Kier molecular flexibility index (Phi) is 3.88. The van der Waals surface area contributed by atoms with Crippen LogP contribution in [-0.2, 0) is 6.61 Å². The van der Waals surface area contributed by atoms with Gasteiger partial charge in [-0.2, -0.15) is 0 Å².